The van der Waals surface area contributed by atoms with Crippen LogP contribution in [0.1, 0.15) is 38.5 Å². The molecule has 4 fully saturated rings. The Bertz CT molecular complexity index is 800. The molecule has 0 spiro atoms. The summed E-state index contributed by atoms with van der Waals surface area (Å²) in [5.41, 5.74) is -0.519. The Balaban J connectivity index is 1.63. The van der Waals surface area contributed by atoms with E-state index in [2.05, 4.69) is 5.32 Å². The van der Waals surface area contributed by atoms with Gasteiger partial charge in [0, 0.05) is 5.41 Å². The lowest BCUT2D eigenvalue weighted by Gasteiger charge is -2.55. The van der Waals surface area contributed by atoms with E-state index in [0.29, 0.717) is 17.8 Å². The standard InChI is InChI=1S/C19H22Cl3NO3S/c20-19(21,22)17(27(25,26)15-4-2-1-3-5-15)23-16(24)18-9-12-6-13(10-18)8-14(7-12)11-18/h1-5,12-14,17H,6-11H2,(H,23,24). The van der Waals surface area contributed by atoms with E-state index in [4.69, 9.17) is 34.8 Å². The number of sulfone groups is 1. The molecule has 4 aliphatic rings. The molecule has 4 nitrogen and oxygen atoms in total. The van der Waals surface area contributed by atoms with E-state index in [-0.39, 0.29) is 10.8 Å². The molecule has 0 radical (unpaired) electrons. The molecule has 4 aliphatic carbocycles. The molecule has 1 unspecified atom stereocenters. The number of carbonyl (C=O) groups excluding carboxylic acids is 1. The maximum absolute atomic E-state index is 13.3. The molecule has 0 aliphatic heterocycles. The predicted octanol–water partition coefficient (Wildman–Crippen LogP) is 4.49. The Morgan fingerprint density at radius 1 is 1.00 bits per heavy atom. The zero-order valence-corrected chi connectivity index (χ0v) is 17.8. The SMILES string of the molecule is O=C(NC(C(Cl)(Cl)Cl)S(=O)(=O)c1ccccc1)C12CC3CC(CC(C3)C1)C2. The summed E-state index contributed by atoms with van der Waals surface area (Å²) in [6, 6.07) is 7.79. The predicted molar refractivity (Wildman–Crippen MR) is 106 cm³/mol. The van der Waals surface area contributed by atoms with Gasteiger partial charge in [0.1, 0.15) is 0 Å². The minimum Gasteiger partial charge on any atom is -0.335 e. The van der Waals surface area contributed by atoms with Crippen molar-refractivity contribution in [3.05, 3.63) is 30.3 Å². The van der Waals surface area contributed by atoms with Crippen LogP contribution < -0.4 is 5.32 Å². The van der Waals surface area contributed by atoms with E-state index in [1.54, 1.807) is 18.2 Å². The van der Waals surface area contributed by atoms with Crippen molar-refractivity contribution >= 4 is 50.5 Å². The van der Waals surface area contributed by atoms with Crippen LogP contribution in [-0.4, -0.2) is 23.5 Å². The smallest absolute Gasteiger partial charge is 0.227 e. The van der Waals surface area contributed by atoms with E-state index in [1.807, 2.05) is 0 Å². The highest BCUT2D eigenvalue weighted by atomic mass is 35.6. The zero-order valence-electron chi connectivity index (χ0n) is 14.7. The fourth-order valence-corrected chi connectivity index (χ4v) is 8.38. The highest BCUT2D eigenvalue weighted by Crippen LogP contribution is 2.60. The van der Waals surface area contributed by atoms with Crippen LogP contribution in [0.2, 0.25) is 0 Å². The van der Waals surface area contributed by atoms with Gasteiger partial charge in [0.05, 0.1) is 4.90 Å². The number of rotatable bonds is 4. The van der Waals surface area contributed by atoms with E-state index in [0.717, 1.165) is 19.3 Å². The lowest BCUT2D eigenvalue weighted by atomic mass is 9.49. The number of alkyl halides is 3. The van der Waals surface area contributed by atoms with Gasteiger partial charge >= 0.3 is 0 Å². The third-order valence-corrected chi connectivity index (χ3v) is 9.53. The minimum absolute atomic E-state index is 0.0205. The van der Waals surface area contributed by atoms with Crippen LogP contribution in [0, 0.1) is 23.2 Å². The largest absolute Gasteiger partial charge is 0.335 e. The first kappa shape index (κ1) is 19.8. The molecule has 0 saturated heterocycles. The highest BCUT2D eigenvalue weighted by Gasteiger charge is 2.56. The summed E-state index contributed by atoms with van der Waals surface area (Å²) in [4.78, 5) is 13.3. The van der Waals surface area contributed by atoms with Crippen LogP contribution in [0.15, 0.2) is 35.2 Å². The van der Waals surface area contributed by atoms with E-state index < -0.39 is 24.4 Å². The molecule has 8 heteroatoms. The van der Waals surface area contributed by atoms with Crippen molar-refractivity contribution in [3.63, 3.8) is 0 Å². The third kappa shape index (κ3) is 3.61. The second-order valence-electron chi connectivity index (χ2n) is 8.45. The van der Waals surface area contributed by atoms with Crippen molar-refractivity contribution in [2.24, 2.45) is 23.2 Å². The van der Waals surface area contributed by atoms with Crippen molar-refractivity contribution in [3.8, 4) is 0 Å². The van der Waals surface area contributed by atoms with Gasteiger partial charge in [0.2, 0.25) is 19.5 Å². The molecular weight excluding hydrogens is 429 g/mol. The molecule has 5 rings (SSSR count). The van der Waals surface area contributed by atoms with E-state index >= 15 is 0 Å². The summed E-state index contributed by atoms with van der Waals surface area (Å²) < 4.78 is 24.0. The highest BCUT2D eigenvalue weighted by molar-refractivity contribution is 7.92. The van der Waals surface area contributed by atoms with Crippen LogP contribution in [0.25, 0.3) is 0 Å². The topological polar surface area (TPSA) is 63.2 Å². The lowest BCUT2D eigenvalue weighted by Crippen LogP contribution is -2.58. The van der Waals surface area contributed by atoms with Crippen LogP contribution in [0.3, 0.4) is 0 Å². The number of hydrogen-bond donors (Lipinski definition) is 1. The van der Waals surface area contributed by atoms with Crippen LogP contribution in [0.4, 0.5) is 0 Å². The summed E-state index contributed by atoms with van der Waals surface area (Å²) in [5.74, 6) is 1.38. The Labute approximate surface area is 174 Å². The fraction of sp³-hybridized carbons (Fsp3) is 0.632. The normalized spacial score (nSPS) is 33.7. The molecule has 4 saturated carbocycles. The monoisotopic (exact) mass is 449 g/mol. The van der Waals surface area contributed by atoms with Crippen molar-refractivity contribution in [1.29, 1.82) is 0 Å². The Kier molecular flexibility index (Phi) is 4.98. The van der Waals surface area contributed by atoms with Gasteiger partial charge in [-0.15, -0.1) is 0 Å². The number of halogens is 3. The Morgan fingerprint density at radius 2 is 1.48 bits per heavy atom. The summed E-state index contributed by atoms with van der Waals surface area (Å²) in [7, 11) is -4.05. The molecule has 4 bridgehead atoms. The molecule has 1 atom stereocenters. The minimum atomic E-state index is -4.05. The Hall–Kier alpha value is -0.490. The summed E-state index contributed by atoms with van der Waals surface area (Å²) in [6.45, 7) is 0. The molecule has 148 valence electrons. The Morgan fingerprint density at radius 3 is 1.93 bits per heavy atom. The van der Waals surface area contributed by atoms with Gasteiger partial charge in [0.15, 0.2) is 5.37 Å². The number of carbonyl (C=O) groups is 1. The molecular formula is C19H22Cl3NO3S. The number of nitrogens with one attached hydrogen (secondary N) is 1. The molecule has 0 aromatic heterocycles. The molecule has 1 aromatic carbocycles. The van der Waals surface area contributed by atoms with Crippen molar-refractivity contribution < 1.29 is 13.2 Å². The average molecular weight is 451 g/mol. The first-order valence-corrected chi connectivity index (χ1v) is 11.9. The van der Waals surface area contributed by atoms with E-state index in [1.165, 1.54) is 31.4 Å². The van der Waals surface area contributed by atoms with Crippen LogP contribution in [-0.2, 0) is 14.6 Å². The van der Waals surface area contributed by atoms with Gasteiger partial charge in [-0.3, -0.25) is 4.79 Å². The molecule has 1 N–H and O–H groups in total. The van der Waals surface area contributed by atoms with Gasteiger partial charge in [-0.05, 0) is 68.4 Å². The number of amides is 1. The molecule has 1 aromatic rings. The maximum Gasteiger partial charge on any atom is 0.227 e. The lowest BCUT2D eigenvalue weighted by molar-refractivity contribution is -0.146. The van der Waals surface area contributed by atoms with Gasteiger partial charge in [0.25, 0.3) is 0 Å². The van der Waals surface area contributed by atoms with Crippen molar-refractivity contribution in [1.82, 2.24) is 5.32 Å². The number of hydrogen-bond acceptors (Lipinski definition) is 3. The molecule has 0 heterocycles. The second kappa shape index (κ2) is 6.79. The van der Waals surface area contributed by atoms with Crippen LogP contribution >= 0.6 is 34.8 Å². The van der Waals surface area contributed by atoms with Gasteiger partial charge in [-0.2, -0.15) is 0 Å². The summed E-state index contributed by atoms with van der Waals surface area (Å²) in [5, 5.41) is 1.00. The van der Waals surface area contributed by atoms with Gasteiger partial charge in [-0.1, -0.05) is 53.0 Å². The quantitative estimate of drug-likeness (QED) is 0.687. The van der Waals surface area contributed by atoms with Crippen LogP contribution in [0.5, 0.6) is 0 Å². The van der Waals surface area contributed by atoms with Gasteiger partial charge < -0.3 is 5.32 Å². The number of benzene rings is 1. The third-order valence-electron chi connectivity index (χ3n) is 6.46. The summed E-state index contributed by atoms with van der Waals surface area (Å²) in [6.07, 6.45) is 5.97. The maximum atomic E-state index is 13.3. The fourth-order valence-electron chi connectivity index (χ4n) is 5.74. The van der Waals surface area contributed by atoms with Crippen molar-refractivity contribution in [2.75, 3.05) is 0 Å². The second-order valence-corrected chi connectivity index (χ2v) is 12.9. The first-order chi connectivity index (χ1) is 12.6. The average Bonchev–Trinajstić information content (AvgIpc) is 2.58. The van der Waals surface area contributed by atoms with Gasteiger partial charge in [-0.25, -0.2) is 8.42 Å². The van der Waals surface area contributed by atoms with E-state index in [9.17, 15) is 13.2 Å². The molecule has 1 amide bonds. The van der Waals surface area contributed by atoms with Crippen molar-refractivity contribution in [2.45, 2.75) is 52.6 Å². The molecule has 27 heavy (non-hydrogen) atoms. The summed E-state index contributed by atoms with van der Waals surface area (Å²) >= 11 is 18.1. The zero-order chi connectivity index (χ0) is 19.4. The first-order valence-electron chi connectivity index (χ1n) is 9.27.